The van der Waals surface area contributed by atoms with Crippen LogP contribution in [0.15, 0.2) is 34.3 Å². The lowest BCUT2D eigenvalue weighted by molar-refractivity contribution is 0.0920. The predicted molar refractivity (Wildman–Crippen MR) is 60.2 cm³/mol. The number of carbonyl (C=O) groups excluding carboxylic acids is 1. The van der Waals surface area contributed by atoms with E-state index in [9.17, 15) is 4.79 Å². The first-order valence-electron chi connectivity index (χ1n) is 4.95. The minimum absolute atomic E-state index is 0.138. The molecule has 0 aromatic heterocycles. The highest BCUT2D eigenvalue weighted by Crippen LogP contribution is 2.38. The fourth-order valence-corrected chi connectivity index (χ4v) is 3.07. The Labute approximate surface area is 92.2 Å². The van der Waals surface area contributed by atoms with Gasteiger partial charge in [0.25, 0.3) is 0 Å². The largest absolute Gasteiger partial charge is 0.291 e. The molecule has 1 unspecified atom stereocenters. The van der Waals surface area contributed by atoms with Gasteiger partial charge in [-0.1, -0.05) is 30.0 Å². The second-order valence-corrected chi connectivity index (χ2v) is 4.70. The summed E-state index contributed by atoms with van der Waals surface area (Å²) in [6.45, 7) is 0.859. The number of thioether (sulfide) groups is 1. The van der Waals surface area contributed by atoms with Crippen LogP contribution in [-0.4, -0.2) is 28.9 Å². The van der Waals surface area contributed by atoms with E-state index in [1.54, 1.807) is 11.8 Å². The molecule has 0 saturated carbocycles. The van der Waals surface area contributed by atoms with Gasteiger partial charge < -0.3 is 0 Å². The highest BCUT2D eigenvalue weighted by molar-refractivity contribution is 8.01. The molecule has 0 bridgehead atoms. The Balaban J connectivity index is 1.93. The van der Waals surface area contributed by atoms with Crippen molar-refractivity contribution in [1.82, 2.24) is 5.01 Å². The van der Waals surface area contributed by atoms with Gasteiger partial charge in [0, 0.05) is 29.6 Å². The van der Waals surface area contributed by atoms with Gasteiger partial charge in [-0.3, -0.25) is 9.80 Å². The topological polar surface area (TPSA) is 32.7 Å². The summed E-state index contributed by atoms with van der Waals surface area (Å²) in [5.74, 6) is 0.189. The number of hydrazone groups is 1. The van der Waals surface area contributed by atoms with E-state index in [1.165, 1.54) is 0 Å². The summed E-state index contributed by atoms with van der Waals surface area (Å²) < 4.78 is 0. The summed E-state index contributed by atoms with van der Waals surface area (Å²) in [6.07, 6.45) is 2.82. The normalized spacial score (nSPS) is 23.6. The molecule has 0 radical (unpaired) electrons. The number of hydrogen-bond donors (Lipinski definition) is 0. The quantitative estimate of drug-likeness (QED) is 0.722. The average Bonchev–Trinajstić information content (AvgIpc) is 2.87. The molecular formula is C11H10N2OS. The zero-order chi connectivity index (χ0) is 10.3. The number of ketones is 1. The van der Waals surface area contributed by atoms with Crippen molar-refractivity contribution in [2.24, 2.45) is 5.10 Å². The third kappa shape index (κ3) is 1.36. The summed E-state index contributed by atoms with van der Waals surface area (Å²) in [5, 5.41) is 5.96. The van der Waals surface area contributed by atoms with E-state index < -0.39 is 0 Å². The minimum Gasteiger partial charge on any atom is -0.291 e. The van der Waals surface area contributed by atoms with Gasteiger partial charge in [0.2, 0.25) is 0 Å². The first-order valence-corrected chi connectivity index (χ1v) is 5.83. The third-order valence-electron chi connectivity index (χ3n) is 2.60. The molecule has 0 fully saturated rings. The first kappa shape index (κ1) is 8.97. The van der Waals surface area contributed by atoms with Crippen molar-refractivity contribution in [3.05, 3.63) is 29.8 Å². The number of rotatable bonds is 1. The van der Waals surface area contributed by atoms with Crippen molar-refractivity contribution in [2.75, 3.05) is 6.54 Å². The number of Topliss-reactive ketones (excluding diaryl/α,β-unsaturated/α-hetero) is 1. The van der Waals surface area contributed by atoms with Crippen LogP contribution in [0.5, 0.6) is 0 Å². The maximum Gasteiger partial charge on any atom is 0.198 e. The van der Waals surface area contributed by atoms with Crippen LogP contribution in [0.1, 0.15) is 16.8 Å². The fourth-order valence-electron chi connectivity index (χ4n) is 1.86. The molecule has 4 heteroatoms. The number of carbonyl (C=O) groups is 1. The molecule has 1 atom stereocenters. The van der Waals surface area contributed by atoms with E-state index in [4.69, 9.17) is 0 Å². The van der Waals surface area contributed by atoms with E-state index in [2.05, 4.69) is 5.10 Å². The lowest BCUT2D eigenvalue weighted by Gasteiger charge is -2.18. The van der Waals surface area contributed by atoms with Gasteiger partial charge in [-0.25, -0.2) is 0 Å². The summed E-state index contributed by atoms with van der Waals surface area (Å²) in [4.78, 5) is 13.1. The molecule has 3 rings (SSSR count). The van der Waals surface area contributed by atoms with Crippen LogP contribution in [0.2, 0.25) is 0 Å². The van der Waals surface area contributed by atoms with Gasteiger partial charge in [-0.05, 0) is 6.07 Å². The van der Waals surface area contributed by atoms with Crippen molar-refractivity contribution < 1.29 is 4.79 Å². The van der Waals surface area contributed by atoms with Crippen LogP contribution in [-0.2, 0) is 0 Å². The van der Waals surface area contributed by atoms with Crippen LogP contribution in [0, 0.1) is 0 Å². The van der Waals surface area contributed by atoms with Crippen molar-refractivity contribution in [3.63, 3.8) is 0 Å². The smallest absolute Gasteiger partial charge is 0.198 e. The number of nitrogens with zero attached hydrogens (tertiary/aromatic N) is 2. The Morgan fingerprint density at radius 1 is 1.40 bits per heavy atom. The highest BCUT2D eigenvalue weighted by Gasteiger charge is 2.35. The van der Waals surface area contributed by atoms with E-state index in [0.717, 1.165) is 23.4 Å². The van der Waals surface area contributed by atoms with Crippen LogP contribution in [0.4, 0.5) is 0 Å². The predicted octanol–water partition coefficient (Wildman–Crippen LogP) is 1.99. The lowest BCUT2D eigenvalue weighted by atomic mass is 10.1. The van der Waals surface area contributed by atoms with Crippen molar-refractivity contribution in [3.8, 4) is 0 Å². The number of fused-ring (bicyclic) bond motifs is 1. The van der Waals surface area contributed by atoms with Gasteiger partial charge in [0.15, 0.2) is 11.2 Å². The van der Waals surface area contributed by atoms with Crippen LogP contribution >= 0.6 is 11.8 Å². The van der Waals surface area contributed by atoms with Gasteiger partial charge in [-0.2, -0.15) is 5.10 Å². The molecule has 2 heterocycles. The molecule has 0 aliphatic carbocycles. The maximum absolute atomic E-state index is 12.0. The Bertz CT molecular complexity index is 444. The molecule has 15 heavy (non-hydrogen) atoms. The molecule has 0 N–H and O–H groups in total. The molecule has 0 amide bonds. The van der Waals surface area contributed by atoms with E-state index in [-0.39, 0.29) is 11.2 Å². The summed E-state index contributed by atoms with van der Waals surface area (Å²) in [7, 11) is 0. The summed E-state index contributed by atoms with van der Waals surface area (Å²) in [5.41, 5.74) is 0.842. The molecule has 0 saturated heterocycles. The van der Waals surface area contributed by atoms with Gasteiger partial charge in [-0.15, -0.1) is 0 Å². The molecule has 0 spiro atoms. The standard InChI is InChI=1S/C11H10N2OS/c14-10-8-4-1-2-5-9(8)15-11(10)13-7-3-6-12-13/h1-2,4-6,11H,3,7H2. The second-order valence-electron chi connectivity index (χ2n) is 3.58. The van der Waals surface area contributed by atoms with E-state index in [1.807, 2.05) is 35.5 Å². The Kier molecular flexibility index (Phi) is 2.02. The summed E-state index contributed by atoms with van der Waals surface area (Å²) >= 11 is 1.60. The van der Waals surface area contributed by atoms with Crippen LogP contribution in [0.3, 0.4) is 0 Å². The monoisotopic (exact) mass is 218 g/mol. The molecular weight excluding hydrogens is 208 g/mol. The van der Waals surface area contributed by atoms with Gasteiger partial charge in [0.05, 0.1) is 0 Å². The van der Waals surface area contributed by atoms with Gasteiger partial charge >= 0.3 is 0 Å². The Hall–Kier alpha value is -1.29. The SMILES string of the molecule is O=C1c2ccccc2SC1N1CCC=N1. The fraction of sp³-hybridized carbons (Fsp3) is 0.273. The molecule has 76 valence electrons. The van der Waals surface area contributed by atoms with Crippen molar-refractivity contribution in [1.29, 1.82) is 0 Å². The molecule has 1 aromatic rings. The Morgan fingerprint density at radius 2 is 2.27 bits per heavy atom. The first-order chi connectivity index (χ1) is 7.36. The zero-order valence-electron chi connectivity index (χ0n) is 8.09. The molecule has 1 aromatic carbocycles. The zero-order valence-corrected chi connectivity index (χ0v) is 8.91. The maximum atomic E-state index is 12.0. The summed E-state index contributed by atoms with van der Waals surface area (Å²) in [6, 6.07) is 7.77. The molecule has 2 aliphatic rings. The van der Waals surface area contributed by atoms with Gasteiger partial charge in [0.1, 0.15) is 0 Å². The molecule has 3 nitrogen and oxygen atoms in total. The number of hydrogen-bond acceptors (Lipinski definition) is 4. The number of benzene rings is 1. The van der Waals surface area contributed by atoms with Crippen LogP contribution in [0.25, 0.3) is 0 Å². The lowest BCUT2D eigenvalue weighted by Crippen LogP contribution is -2.30. The van der Waals surface area contributed by atoms with Crippen molar-refractivity contribution in [2.45, 2.75) is 16.7 Å². The van der Waals surface area contributed by atoms with Crippen molar-refractivity contribution >= 4 is 23.8 Å². The highest BCUT2D eigenvalue weighted by atomic mass is 32.2. The minimum atomic E-state index is -0.138. The third-order valence-corrected chi connectivity index (χ3v) is 3.89. The Morgan fingerprint density at radius 3 is 3.00 bits per heavy atom. The second kappa shape index (κ2) is 3.38. The van der Waals surface area contributed by atoms with Crippen LogP contribution < -0.4 is 0 Å². The average molecular weight is 218 g/mol. The van der Waals surface area contributed by atoms with E-state index in [0.29, 0.717) is 0 Å². The molecule has 2 aliphatic heterocycles. The van der Waals surface area contributed by atoms with E-state index >= 15 is 0 Å².